The van der Waals surface area contributed by atoms with Crippen LogP contribution in [0.5, 0.6) is 0 Å². The molecule has 2 aliphatic rings. The van der Waals surface area contributed by atoms with Crippen molar-refractivity contribution >= 4 is 21.6 Å². The molecule has 1 aromatic rings. The van der Waals surface area contributed by atoms with Gasteiger partial charge in [-0.3, -0.25) is 0 Å². The predicted octanol–water partition coefficient (Wildman–Crippen LogP) is 3.37. The lowest BCUT2D eigenvalue weighted by atomic mass is 10.1. The zero-order chi connectivity index (χ0) is 18.6. The standard InChI is InChI=1S/C19H27N3O3S/c1-14(21-22-19(23)20-16-6-2-3-7-16)15-10-12-18(13-11-15)26(24,25)17-8-4-5-9-17/h10-13,16-17H,2-9H2,1H3,(H2,20,22,23). The van der Waals surface area contributed by atoms with Crippen LogP contribution >= 0.6 is 0 Å². The van der Waals surface area contributed by atoms with Gasteiger partial charge in [0.15, 0.2) is 9.84 Å². The van der Waals surface area contributed by atoms with E-state index in [9.17, 15) is 13.2 Å². The number of sulfone groups is 1. The van der Waals surface area contributed by atoms with Gasteiger partial charge in [0.25, 0.3) is 0 Å². The van der Waals surface area contributed by atoms with E-state index in [4.69, 9.17) is 0 Å². The first-order chi connectivity index (χ1) is 12.5. The van der Waals surface area contributed by atoms with E-state index in [-0.39, 0.29) is 17.3 Å². The molecule has 0 bridgehead atoms. The lowest BCUT2D eigenvalue weighted by molar-refractivity contribution is 0.237. The van der Waals surface area contributed by atoms with Crippen molar-refractivity contribution in [1.29, 1.82) is 0 Å². The topological polar surface area (TPSA) is 87.6 Å². The summed E-state index contributed by atoms with van der Waals surface area (Å²) in [6.45, 7) is 1.79. The summed E-state index contributed by atoms with van der Waals surface area (Å²) in [7, 11) is -3.24. The number of urea groups is 1. The molecule has 0 aromatic heterocycles. The second-order valence-corrected chi connectivity index (χ2v) is 9.47. The molecule has 0 unspecified atom stereocenters. The van der Waals surface area contributed by atoms with E-state index in [1.807, 2.05) is 0 Å². The van der Waals surface area contributed by atoms with Gasteiger partial charge in [0.1, 0.15) is 0 Å². The Morgan fingerprint density at radius 2 is 1.58 bits per heavy atom. The Morgan fingerprint density at radius 3 is 2.19 bits per heavy atom. The van der Waals surface area contributed by atoms with E-state index in [0.29, 0.717) is 10.6 Å². The molecule has 142 valence electrons. The third kappa shape index (κ3) is 4.44. The number of nitrogens with zero attached hydrogens (tertiary/aromatic N) is 1. The molecule has 2 N–H and O–H groups in total. The Morgan fingerprint density at radius 1 is 1.00 bits per heavy atom. The highest BCUT2D eigenvalue weighted by Gasteiger charge is 2.30. The van der Waals surface area contributed by atoms with Crippen LogP contribution in [0.1, 0.15) is 63.9 Å². The zero-order valence-electron chi connectivity index (χ0n) is 15.2. The van der Waals surface area contributed by atoms with Crippen LogP contribution in [0.3, 0.4) is 0 Å². The van der Waals surface area contributed by atoms with Crippen molar-refractivity contribution in [2.24, 2.45) is 5.10 Å². The van der Waals surface area contributed by atoms with Gasteiger partial charge in [-0.15, -0.1) is 0 Å². The highest BCUT2D eigenvalue weighted by molar-refractivity contribution is 7.92. The number of rotatable bonds is 5. The normalized spacial score (nSPS) is 19.7. The van der Waals surface area contributed by atoms with Gasteiger partial charge in [-0.2, -0.15) is 5.10 Å². The average Bonchev–Trinajstić information content (AvgIpc) is 3.34. The van der Waals surface area contributed by atoms with E-state index in [1.54, 1.807) is 31.2 Å². The SMILES string of the molecule is CC(=NNC(=O)NC1CCCC1)c1ccc(S(=O)(=O)C2CCCC2)cc1. The van der Waals surface area contributed by atoms with Crippen LogP contribution in [0.25, 0.3) is 0 Å². The third-order valence-corrected chi connectivity index (χ3v) is 7.64. The van der Waals surface area contributed by atoms with Crippen molar-refractivity contribution < 1.29 is 13.2 Å². The first-order valence-electron chi connectivity index (χ1n) is 9.42. The molecule has 2 amide bonds. The van der Waals surface area contributed by atoms with Crippen LogP contribution in [0, 0.1) is 0 Å². The summed E-state index contributed by atoms with van der Waals surface area (Å²) in [4.78, 5) is 12.2. The second-order valence-electron chi connectivity index (χ2n) is 7.24. The molecule has 1 aromatic carbocycles. The Labute approximate surface area is 155 Å². The Hall–Kier alpha value is -1.89. The fourth-order valence-corrected chi connectivity index (χ4v) is 5.62. The third-order valence-electron chi connectivity index (χ3n) is 5.36. The van der Waals surface area contributed by atoms with Crippen LogP contribution in [0.2, 0.25) is 0 Å². The van der Waals surface area contributed by atoms with Gasteiger partial charge in [-0.25, -0.2) is 18.6 Å². The van der Waals surface area contributed by atoms with Crippen LogP contribution < -0.4 is 10.7 Å². The van der Waals surface area contributed by atoms with Gasteiger partial charge in [-0.1, -0.05) is 37.8 Å². The molecule has 0 spiro atoms. The molecule has 26 heavy (non-hydrogen) atoms. The van der Waals surface area contributed by atoms with E-state index in [0.717, 1.165) is 56.9 Å². The molecule has 2 fully saturated rings. The molecule has 0 radical (unpaired) electrons. The fraction of sp³-hybridized carbons (Fsp3) is 0.579. The average molecular weight is 378 g/mol. The maximum absolute atomic E-state index is 12.6. The summed E-state index contributed by atoms with van der Waals surface area (Å²) >= 11 is 0. The Balaban J connectivity index is 1.61. The molecule has 7 heteroatoms. The first-order valence-corrected chi connectivity index (χ1v) is 11.0. The van der Waals surface area contributed by atoms with Crippen molar-refractivity contribution in [3.8, 4) is 0 Å². The van der Waals surface area contributed by atoms with Gasteiger partial charge in [-0.05, 0) is 50.3 Å². The molecule has 3 rings (SSSR count). The van der Waals surface area contributed by atoms with Crippen molar-refractivity contribution in [1.82, 2.24) is 10.7 Å². The Kier molecular flexibility index (Phi) is 5.96. The van der Waals surface area contributed by atoms with Gasteiger partial charge in [0.05, 0.1) is 15.9 Å². The van der Waals surface area contributed by atoms with Crippen LogP contribution in [-0.2, 0) is 9.84 Å². The zero-order valence-corrected chi connectivity index (χ0v) is 16.0. The van der Waals surface area contributed by atoms with Gasteiger partial charge in [0, 0.05) is 6.04 Å². The van der Waals surface area contributed by atoms with E-state index >= 15 is 0 Å². The number of nitrogens with one attached hydrogen (secondary N) is 2. The minimum absolute atomic E-state index is 0.241. The fourth-order valence-electron chi connectivity index (χ4n) is 3.76. The summed E-state index contributed by atoms with van der Waals surface area (Å²) in [6, 6.07) is 6.72. The second kappa shape index (κ2) is 8.20. The van der Waals surface area contributed by atoms with Crippen molar-refractivity contribution in [2.75, 3.05) is 0 Å². The molecule has 2 saturated carbocycles. The monoisotopic (exact) mass is 377 g/mol. The number of hydrogen-bond acceptors (Lipinski definition) is 4. The van der Waals surface area contributed by atoms with Crippen molar-refractivity contribution in [3.63, 3.8) is 0 Å². The van der Waals surface area contributed by atoms with Gasteiger partial charge in [0.2, 0.25) is 0 Å². The summed E-state index contributed by atoms with van der Waals surface area (Å²) in [5, 5.41) is 6.77. The van der Waals surface area contributed by atoms with Gasteiger partial charge < -0.3 is 5.32 Å². The minimum Gasteiger partial charge on any atom is -0.334 e. The summed E-state index contributed by atoms with van der Waals surface area (Å²) < 4.78 is 25.2. The molecular formula is C19H27N3O3S. The highest BCUT2D eigenvalue weighted by Crippen LogP contribution is 2.29. The highest BCUT2D eigenvalue weighted by atomic mass is 32.2. The van der Waals surface area contributed by atoms with E-state index < -0.39 is 9.84 Å². The smallest absolute Gasteiger partial charge is 0.334 e. The molecule has 0 saturated heterocycles. The Bertz CT molecular complexity index is 760. The molecular weight excluding hydrogens is 350 g/mol. The predicted molar refractivity (Wildman–Crippen MR) is 102 cm³/mol. The quantitative estimate of drug-likeness (QED) is 0.609. The molecule has 0 heterocycles. The number of carbonyl (C=O) groups excluding carboxylic acids is 1. The maximum atomic E-state index is 12.6. The van der Waals surface area contributed by atoms with E-state index in [2.05, 4.69) is 15.8 Å². The number of benzene rings is 1. The van der Waals surface area contributed by atoms with Crippen molar-refractivity contribution in [2.45, 2.75) is 74.5 Å². The summed E-state index contributed by atoms with van der Waals surface area (Å²) in [5.41, 5.74) is 3.94. The molecule has 6 nitrogen and oxygen atoms in total. The molecule has 2 aliphatic carbocycles. The molecule has 0 aliphatic heterocycles. The largest absolute Gasteiger partial charge is 0.335 e. The van der Waals surface area contributed by atoms with Crippen molar-refractivity contribution in [3.05, 3.63) is 29.8 Å². The first kappa shape index (κ1) is 18.9. The maximum Gasteiger partial charge on any atom is 0.335 e. The summed E-state index contributed by atoms with van der Waals surface area (Å²) in [6.07, 6.45) is 7.84. The number of carbonyl (C=O) groups is 1. The lowest BCUT2D eigenvalue weighted by Gasteiger charge is -2.12. The number of hydrazone groups is 1. The van der Waals surface area contributed by atoms with Crippen LogP contribution in [0.4, 0.5) is 4.79 Å². The van der Waals surface area contributed by atoms with Crippen LogP contribution in [0.15, 0.2) is 34.3 Å². The van der Waals surface area contributed by atoms with Gasteiger partial charge >= 0.3 is 6.03 Å². The minimum atomic E-state index is -3.24. The van der Waals surface area contributed by atoms with Crippen LogP contribution in [-0.4, -0.2) is 31.5 Å². The lowest BCUT2D eigenvalue weighted by Crippen LogP contribution is -2.39. The number of hydrogen-bond donors (Lipinski definition) is 2. The molecule has 0 atom stereocenters. The summed E-state index contributed by atoms with van der Waals surface area (Å²) in [5.74, 6) is 0. The number of amides is 2. The van der Waals surface area contributed by atoms with E-state index in [1.165, 1.54) is 0 Å².